The smallest absolute Gasteiger partial charge is 0.246 e. The molecule has 2 aromatic carbocycles. The second kappa shape index (κ2) is 8.10. The van der Waals surface area contributed by atoms with Crippen LogP contribution in [0.1, 0.15) is 25.0 Å². The molecule has 0 unspecified atom stereocenters. The van der Waals surface area contributed by atoms with Crippen LogP contribution in [0.2, 0.25) is 5.02 Å². The van der Waals surface area contributed by atoms with E-state index in [9.17, 15) is 8.42 Å². The number of anilines is 1. The molecule has 0 atom stereocenters. The lowest BCUT2D eigenvalue weighted by molar-refractivity contribution is 0.600. The standard InChI is InChI=1S/C19H21ClN4O2S/c1-14(2)11-15-5-9-18(10-6-15)27(25,26)23-19-21-13-24(22-19)12-16-3-7-17(20)8-4-16/h3-10,13-14H,11-12H2,1-2H3,(H,22,23). The Morgan fingerprint density at radius 1 is 1.04 bits per heavy atom. The quantitative estimate of drug-likeness (QED) is 0.646. The molecule has 8 heteroatoms. The van der Waals surface area contributed by atoms with E-state index in [-0.39, 0.29) is 10.8 Å². The van der Waals surface area contributed by atoms with Gasteiger partial charge in [0.25, 0.3) is 16.0 Å². The SMILES string of the molecule is CC(C)Cc1ccc(S(=O)(=O)Nc2ncn(Cc3ccc(Cl)cc3)n2)cc1. The van der Waals surface area contributed by atoms with E-state index in [1.807, 2.05) is 24.3 Å². The molecule has 142 valence electrons. The number of benzene rings is 2. The summed E-state index contributed by atoms with van der Waals surface area (Å²) in [5.41, 5.74) is 2.09. The predicted molar refractivity (Wildman–Crippen MR) is 106 cm³/mol. The monoisotopic (exact) mass is 404 g/mol. The molecule has 0 fully saturated rings. The molecule has 0 saturated heterocycles. The number of halogens is 1. The summed E-state index contributed by atoms with van der Waals surface area (Å²) >= 11 is 5.87. The van der Waals surface area contributed by atoms with Crippen molar-refractivity contribution in [1.29, 1.82) is 0 Å². The van der Waals surface area contributed by atoms with Gasteiger partial charge in [0.15, 0.2) is 0 Å². The fourth-order valence-electron chi connectivity index (χ4n) is 2.65. The average Bonchev–Trinajstić information content (AvgIpc) is 3.03. The van der Waals surface area contributed by atoms with Gasteiger partial charge in [-0.2, -0.15) is 4.98 Å². The number of rotatable bonds is 7. The lowest BCUT2D eigenvalue weighted by Gasteiger charge is -2.07. The van der Waals surface area contributed by atoms with E-state index >= 15 is 0 Å². The van der Waals surface area contributed by atoms with Gasteiger partial charge in [0, 0.05) is 5.02 Å². The summed E-state index contributed by atoms with van der Waals surface area (Å²) in [5.74, 6) is 0.551. The van der Waals surface area contributed by atoms with E-state index in [4.69, 9.17) is 11.6 Å². The van der Waals surface area contributed by atoms with Crippen molar-refractivity contribution in [1.82, 2.24) is 14.8 Å². The fraction of sp³-hybridized carbons (Fsp3) is 0.263. The van der Waals surface area contributed by atoms with Gasteiger partial charge in [-0.05, 0) is 47.7 Å². The van der Waals surface area contributed by atoms with Crippen LogP contribution in [0.5, 0.6) is 0 Å². The molecule has 0 radical (unpaired) electrons. The van der Waals surface area contributed by atoms with Crippen molar-refractivity contribution in [3.8, 4) is 0 Å². The van der Waals surface area contributed by atoms with Crippen molar-refractivity contribution in [2.45, 2.75) is 31.7 Å². The second-order valence-electron chi connectivity index (χ2n) is 6.74. The molecule has 3 rings (SSSR count). The van der Waals surface area contributed by atoms with Crippen LogP contribution in [0, 0.1) is 5.92 Å². The van der Waals surface area contributed by atoms with Crippen LogP contribution >= 0.6 is 11.6 Å². The molecule has 6 nitrogen and oxygen atoms in total. The molecular formula is C19H21ClN4O2S. The first-order valence-electron chi connectivity index (χ1n) is 8.57. The van der Waals surface area contributed by atoms with Crippen molar-refractivity contribution < 1.29 is 8.42 Å². The van der Waals surface area contributed by atoms with E-state index in [1.165, 1.54) is 6.33 Å². The Morgan fingerprint density at radius 3 is 2.30 bits per heavy atom. The van der Waals surface area contributed by atoms with E-state index in [0.717, 1.165) is 17.5 Å². The van der Waals surface area contributed by atoms with Crippen molar-refractivity contribution in [3.05, 3.63) is 71.0 Å². The van der Waals surface area contributed by atoms with Gasteiger partial charge in [-0.3, -0.25) is 0 Å². The number of aromatic nitrogens is 3. The Morgan fingerprint density at radius 2 is 1.67 bits per heavy atom. The summed E-state index contributed by atoms with van der Waals surface area (Å²) in [7, 11) is -3.73. The van der Waals surface area contributed by atoms with Gasteiger partial charge >= 0.3 is 0 Å². The molecule has 3 aromatic rings. The first-order valence-corrected chi connectivity index (χ1v) is 10.4. The number of hydrogen-bond donors (Lipinski definition) is 1. The van der Waals surface area contributed by atoms with Crippen molar-refractivity contribution in [3.63, 3.8) is 0 Å². The van der Waals surface area contributed by atoms with Crippen LogP contribution in [0.15, 0.2) is 59.8 Å². The number of nitrogens with one attached hydrogen (secondary N) is 1. The summed E-state index contributed by atoms with van der Waals surface area (Å²) in [4.78, 5) is 4.22. The van der Waals surface area contributed by atoms with Gasteiger partial charge in [-0.15, -0.1) is 5.10 Å². The van der Waals surface area contributed by atoms with Gasteiger partial charge in [-0.25, -0.2) is 17.8 Å². The Balaban J connectivity index is 1.69. The zero-order valence-electron chi connectivity index (χ0n) is 15.1. The molecule has 0 aliphatic carbocycles. The van der Waals surface area contributed by atoms with E-state index in [0.29, 0.717) is 17.5 Å². The van der Waals surface area contributed by atoms with Crippen molar-refractivity contribution in [2.75, 3.05) is 4.72 Å². The molecule has 0 spiro atoms. The second-order valence-corrected chi connectivity index (χ2v) is 8.86. The average molecular weight is 405 g/mol. The van der Waals surface area contributed by atoms with Gasteiger partial charge in [-0.1, -0.05) is 49.7 Å². The zero-order chi connectivity index (χ0) is 19.4. The van der Waals surface area contributed by atoms with E-state index < -0.39 is 10.0 Å². The van der Waals surface area contributed by atoms with Crippen LogP contribution in [0.3, 0.4) is 0 Å². The number of hydrogen-bond acceptors (Lipinski definition) is 4. The van der Waals surface area contributed by atoms with Crippen LogP contribution in [-0.4, -0.2) is 23.2 Å². The minimum atomic E-state index is -3.73. The Bertz CT molecular complexity index is 997. The Hall–Kier alpha value is -2.38. The zero-order valence-corrected chi connectivity index (χ0v) is 16.7. The Labute approximate surface area is 164 Å². The lowest BCUT2D eigenvalue weighted by atomic mass is 10.0. The summed E-state index contributed by atoms with van der Waals surface area (Å²) in [6.07, 6.45) is 2.39. The van der Waals surface area contributed by atoms with Crippen molar-refractivity contribution in [2.24, 2.45) is 5.92 Å². The molecular weight excluding hydrogens is 384 g/mol. The molecule has 0 aliphatic rings. The third kappa shape index (κ3) is 5.30. The van der Waals surface area contributed by atoms with Crippen LogP contribution in [-0.2, 0) is 23.0 Å². The van der Waals surface area contributed by atoms with Gasteiger partial charge in [0.2, 0.25) is 0 Å². The van der Waals surface area contributed by atoms with E-state index in [1.54, 1.807) is 28.9 Å². The molecule has 0 saturated carbocycles. The lowest BCUT2D eigenvalue weighted by Crippen LogP contribution is -2.14. The maximum Gasteiger partial charge on any atom is 0.264 e. The highest BCUT2D eigenvalue weighted by atomic mass is 35.5. The first-order chi connectivity index (χ1) is 12.8. The predicted octanol–water partition coefficient (Wildman–Crippen LogP) is 3.98. The van der Waals surface area contributed by atoms with E-state index in [2.05, 4.69) is 28.7 Å². The van der Waals surface area contributed by atoms with Crippen LogP contribution in [0.4, 0.5) is 5.95 Å². The third-order valence-electron chi connectivity index (χ3n) is 3.90. The van der Waals surface area contributed by atoms with Gasteiger partial charge < -0.3 is 0 Å². The maximum atomic E-state index is 12.5. The minimum absolute atomic E-state index is 0.0372. The molecule has 1 N–H and O–H groups in total. The maximum absolute atomic E-state index is 12.5. The third-order valence-corrected chi connectivity index (χ3v) is 5.49. The fourth-order valence-corrected chi connectivity index (χ4v) is 3.72. The highest BCUT2D eigenvalue weighted by Gasteiger charge is 2.16. The van der Waals surface area contributed by atoms with Gasteiger partial charge in [0.05, 0.1) is 11.4 Å². The van der Waals surface area contributed by atoms with Crippen LogP contribution in [0.25, 0.3) is 0 Å². The molecule has 27 heavy (non-hydrogen) atoms. The molecule has 1 heterocycles. The summed E-state index contributed by atoms with van der Waals surface area (Å²) in [6.45, 7) is 4.71. The highest BCUT2D eigenvalue weighted by molar-refractivity contribution is 7.92. The molecule has 0 aliphatic heterocycles. The van der Waals surface area contributed by atoms with Crippen molar-refractivity contribution >= 4 is 27.6 Å². The summed E-state index contributed by atoms with van der Waals surface area (Å²) < 4.78 is 29.0. The van der Waals surface area contributed by atoms with Gasteiger partial charge in [0.1, 0.15) is 6.33 Å². The molecule has 0 bridgehead atoms. The summed E-state index contributed by atoms with van der Waals surface area (Å²) in [6, 6.07) is 14.2. The number of sulfonamides is 1. The molecule has 0 amide bonds. The molecule has 1 aromatic heterocycles. The Kier molecular flexibility index (Phi) is 5.82. The summed E-state index contributed by atoms with van der Waals surface area (Å²) in [5, 5.41) is 4.84. The highest BCUT2D eigenvalue weighted by Crippen LogP contribution is 2.16. The normalized spacial score (nSPS) is 11.7. The minimum Gasteiger partial charge on any atom is -0.246 e. The largest absolute Gasteiger partial charge is 0.264 e. The number of nitrogens with zero attached hydrogens (tertiary/aromatic N) is 3. The first kappa shape index (κ1) is 19.4. The van der Waals surface area contributed by atoms with Crippen LogP contribution < -0.4 is 4.72 Å². The topological polar surface area (TPSA) is 76.9 Å².